The molecule has 0 spiro atoms. The summed E-state index contributed by atoms with van der Waals surface area (Å²) < 4.78 is 14.7. The third kappa shape index (κ3) is 7.97. The van der Waals surface area contributed by atoms with Crippen LogP contribution in [0.2, 0.25) is 0 Å². The third-order valence-corrected chi connectivity index (χ3v) is 5.33. The Bertz CT molecular complexity index is 957. The highest BCUT2D eigenvalue weighted by atomic mass is 35.5. The molecule has 0 radical (unpaired) electrons. The fourth-order valence-electron chi connectivity index (χ4n) is 3.44. The van der Waals surface area contributed by atoms with Gasteiger partial charge in [-0.1, -0.05) is 51.1 Å². The highest BCUT2D eigenvalue weighted by Crippen LogP contribution is 2.26. The molecule has 0 aliphatic heterocycles. The van der Waals surface area contributed by atoms with Crippen LogP contribution in [0.5, 0.6) is 0 Å². The molecule has 0 bridgehead atoms. The van der Waals surface area contributed by atoms with E-state index in [0.717, 1.165) is 43.9 Å². The van der Waals surface area contributed by atoms with Crippen molar-refractivity contribution in [1.82, 2.24) is 15.3 Å². The van der Waals surface area contributed by atoms with Crippen LogP contribution in [-0.4, -0.2) is 34.3 Å². The maximum Gasteiger partial charge on any atom is 0.158 e. The van der Waals surface area contributed by atoms with Crippen molar-refractivity contribution in [1.29, 1.82) is 0 Å². The lowest BCUT2D eigenvalue weighted by Gasteiger charge is -2.22. The lowest BCUT2D eigenvalue weighted by Crippen LogP contribution is -2.27. The zero-order valence-electron chi connectivity index (χ0n) is 20.1. The number of rotatable bonds is 7. The fourth-order valence-corrected chi connectivity index (χ4v) is 3.63. The second kappa shape index (κ2) is 14.4. The summed E-state index contributed by atoms with van der Waals surface area (Å²) in [6.07, 6.45) is 12.7. The van der Waals surface area contributed by atoms with Crippen molar-refractivity contribution in [3.8, 4) is 0 Å². The summed E-state index contributed by atoms with van der Waals surface area (Å²) in [6.45, 7) is 9.85. The molecule has 33 heavy (non-hydrogen) atoms. The van der Waals surface area contributed by atoms with E-state index in [9.17, 15) is 4.39 Å². The molecule has 2 aromatic rings. The van der Waals surface area contributed by atoms with E-state index < -0.39 is 0 Å². The van der Waals surface area contributed by atoms with Crippen LogP contribution < -0.4 is 10.2 Å². The molecule has 0 amide bonds. The molecule has 1 N–H and O–H groups in total. The van der Waals surface area contributed by atoms with Crippen molar-refractivity contribution in [2.45, 2.75) is 58.8 Å². The number of hydrogen-bond acceptors (Lipinski definition) is 4. The molecule has 0 saturated heterocycles. The Morgan fingerprint density at radius 2 is 2.06 bits per heavy atom. The minimum atomic E-state index is -0.338. The summed E-state index contributed by atoms with van der Waals surface area (Å²) in [5.74, 6) is 0.837. The van der Waals surface area contributed by atoms with Gasteiger partial charge < -0.3 is 10.2 Å². The Morgan fingerprint density at radius 1 is 1.27 bits per heavy atom. The van der Waals surface area contributed by atoms with E-state index in [-0.39, 0.29) is 11.2 Å². The number of allylic oxidation sites excluding steroid dienone is 4. The summed E-state index contributed by atoms with van der Waals surface area (Å²) in [5.41, 5.74) is 1.97. The largest absolute Gasteiger partial charge is 0.355 e. The Kier molecular flexibility index (Phi) is 11.6. The number of benzene rings is 1. The Hall–Kier alpha value is -2.73. The first-order valence-electron chi connectivity index (χ1n) is 11.8. The van der Waals surface area contributed by atoms with Gasteiger partial charge in [-0.25, -0.2) is 19.4 Å². The Balaban J connectivity index is 0.00000187. The molecule has 1 aromatic carbocycles. The topological polar surface area (TPSA) is 53.4 Å². The molecular formula is C26H35ClFN5. The smallest absolute Gasteiger partial charge is 0.158 e. The third-order valence-electron chi connectivity index (χ3n) is 5.00. The summed E-state index contributed by atoms with van der Waals surface area (Å²) in [4.78, 5) is 15.6. The molecule has 3 rings (SSSR count). The van der Waals surface area contributed by atoms with Crippen molar-refractivity contribution in [3.63, 3.8) is 0 Å². The minimum absolute atomic E-state index is 0.0489. The summed E-state index contributed by atoms with van der Waals surface area (Å²) >= 11 is 6.30. The van der Waals surface area contributed by atoms with Gasteiger partial charge in [-0.15, -0.1) is 11.6 Å². The monoisotopic (exact) mass is 471 g/mol. The number of alkyl halides is 1. The second-order valence-electron chi connectivity index (χ2n) is 7.32. The maximum absolute atomic E-state index is 14.7. The zero-order valence-corrected chi connectivity index (χ0v) is 20.8. The highest BCUT2D eigenvalue weighted by Gasteiger charge is 2.16. The number of hydrogen-bond donors (Lipinski definition) is 1. The van der Waals surface area contributed by atoms with Gasteiger partial charge in [0.2, 0.25) is 0 Å². The molecule has 1 aromatic heterocycles. The van der Waals surface area contributed by atoms with E-state index in [2.05, 4.69) is 46.2 Å². The molecule has 178 valence electrons. The molecule has 1 aliphatic carbocycles. The van der Waals surface area contributed by atoms with Gasteiger partial charge in [-0.2, -0.15) is 0 Å². The van der Waals surface area contributed by atoms with E-state index in [1.807, 2.05) is 19.9 Å². The van der Waals surface area contributed by atoms with Crippen molar-refractivity contribution in [2.24, 2.45) is 4.99 Å². The average molecular weight is 472 g/mol. The summed E-state index contributed by atoms with van der Waals surface area (Å²) in [6, 6.07) is 6.64. The van der Waals surface area contributed by atoms with Crippen LogP contribution in [0.3, 0.4) is 0 Å². The van der Waals surface area contributed by atoms with Crippen LogP contribution >= 0.6 is 11.6 Å². The van der Waals surface area contributed by atoms with Gasteiger partial charge in [0.15, 0.2) is 5.82 Å². The van der Waals surface area contributed by atoms with E-state index in [1.165, 1.54) is 12.4 Å². The molecule has 1 unspecified atom stereocenters. The number of nitrogens with one attached hydrogen (secondary N) is 1. The van der Waals surface area contributed by atoms with E-state index >= 15 is 0 Å². The van der Waals surface area contributed by atoms with Gasteiger partial charge >= 0.3 is 0 Å². The van der Waals surface area contributed by atoms with Crippen LogP contribution in [0.15, 0.2) is 65.7 Å². The lowest BCUT2D eigenvalue weighted by molar-refractivity contribution is 0.624. The first-order chi connectivity index (χ1) is 16.1. The summed E-state index contributed by atoms with van der Waals surface area (Å²) in [5, 5.41) is 3.32. The maximum atomic E-state index is 14.7. The number of nitrogens with zero attached hydrogens (tertiary/aromatic N) is 4. The summed E-state index contributed by atoms with van der Waals surface area (Å²) in [7, 11) is 0. The molecule has 1 heterocycles. The van der Waals surface area contributed by atoms with Gasteiger partial charge in [0, 0.05) is 18.8 Å². The number of aliphatic imine (C=N–C) groups is 1. The molecule has 1 atom stereocenters. The van der Waals surface area contributed by atoms with Crippen molar-refractivity contribution in [2.75, 3.05) is 18.0 Å². The number of halogens is 2. The number of aromatic nitrogens is 2. The Morgan fingerprint density at radius 3 is 2.79 bits per heavy atom. The van der Waals surface area contributed by atoms with Crippen LogP contribution in [-0.2, 0) is 0 Å². The molecule has 0 fully saturated rings. The normalized spacial score (nSPS) is 18.7. The molecule has 1 aliphatic rings. The van der Waals surface area contributed by atoms with Gasteiger partial charge in [-0.05, 0) is 44.7 Å². The van der Waals surface area contributed by atoms with Crippen LogP contribution in [0.4, 0.5) is 15.9 Å². The molecule has 5 nitrogen and oxygen atoms in total. The molecule has 7 heteroatoms. The van der Waals surface area contributed by atoms with Crippen LogP contribution in [0, 0.1) is 5.82 Å². The van der Waals surface area contributed by atoms with Crippen molar-refractivity contribution < 1.29 is 4.39 Å². The second-order valence-corrected chi connectivity index (χ2v) is 7.88. The average Bonchev–Trinajstić information content (AvgIpc) is 2.83. The molecule has 0 saturated carbocycles. The quantitative estimate of drug-likeness (QED) is 0.209. The van der Waals surface area contributed by atoms with Gasteiger partial charge in [-0.3, -0.25) is 0 Å². The van der Waals surface area contributed by atoms with Gasteiger partial charge in [0.25, 0.3) is 0 Å². The zero-order chi connectivity index (χ0) is 24.1. The predicted molar refractivity (Wildman–Crippen MR) is 138 cm³/mol. The highest BCUT2D eigenvalue weighted by molar-refractivity contribution is 6.21. The fraction of sp³-hybridized carbons (Fsp3) is 0.423. The number of amidine groups is 1. The molecular weight excluding hydrogens is 437 g/mol. The van der Waals surface area contributed by atoms with Crippen molar-refractivity contribution >= 4 is 28.9 Å². The first-order valence-corrected chi connectivity index (χ1v) is 12.2. The Labute approximate surface area is 202 Å². The minimum Gasteiger partial charge on any atom is -0.355 e. The van der Waals surface area contributed by atoms with Gasteiger partial charge in [0.05, 0.1) is 17.1 Å². The van der Waals surface area contributed by atoms with E-state index in [4.69, 9.17) is 16.6 Å². The number of anilines is 1. The SMILES string of the molecule is CC.CCCN(CC)c1ncncc1N=C(N/C1=C/CC(Cl)/C=C\CC1)c1ccccc1F. The van der Waals surface area contributed by atoms with Crippen LogP contribution in [0.25, 0.3) is 0 Å². The van der Waals surface area contributed by atoms with E-state index in [0.29, 0.717) is 23.5 Å². The van der Waals surface area contributed by atoms with Crippen molar-refractivity contribution in [3.05, 3.63) is 72.1 Å². The lowest BCUT2D eigenvalue weighted by atomic mass is 10.1. The van der Waals surface area contributed by atoms with Crippen LogP contribution in [0.1, 0.15) is 58.9 Å². The van der Waals surface area contributed by atoms with E-state index in [1.54, 1.807) is 24.4 Å². The van der Waals surface area contributed by atoms with Gasteiger partial charge in [0.1, 0.15) is 23.7 Å². The standard InChI is InChI=1S/C24H29ClFN5.C2H6/c1-3-15-31(4-2)24-22(16-27-17-28-24)30-23(20-11-7-8-12-21(20)26)29-19-10-6-5-9-18(25)13-14-19;1-2/h5,7-9,11-12,14,16-18H,3-4,6,10,13,15H2,1-2H3,(H,29,30);1-2H3/b9-5-,19-14+;. The first kappa shape index (κ1) is 26.5. The predicted octanol–water partition coefficient (Wildman–Crippen LogP) is 6.78.